The highest BCUT2D eigenvalue weighted by Gasteiger charge is 2.34. The van der Waals surface area contributed by atoms with Crippen molar-refractivity contribution in [1.82, 2.24) is 4.90 Å². The second-order valence-corrected chi connectivity index (χ2v) is 3.70. The van der Waals surface area contributed by atoms with Gasteiger partial charge in [0.25, 0.3) is 0 Å². The molecule has 1 heterocycles. The van der Waals surface area contributed by atoms with E-state index in [2.05, 4.69) is 0 Å². The molecular formula is C11H13NO2. The number of likely N-dealkylation sites (N-methyl/N-ethyl adjacent to an activating group) is 1. The van der Waals surface area contributed by atoms with E-state index in [1.807, 2.05) is 31.0 Å². The number of aromatic hydroxyl groups is 1. The molecule has 1 aromatic carbocycles. The van der Waals surface area contributed by atoms with Crippen LogP contribution in [0.1, 0.15) is 30.1 Å². The minimum Gasteiger partial charge on any atom is -0.508 e. The molecule has 2 rings (SSSR count). The van der Waals surface area contributed by atoms with Crippen LogP contribution in [0.25, 0.3) is 0 Å². The van der Waals surface area contributed by atoms with E-state index in [1.54, 1.807) is 6.07 Å². The van der Waals surface area contributed by atoms with Gasteiger partial charge in [-0.25, -0.2) is 0 Å². The molecule has 14 heavy (non-hydrogen) atoms. The lowest BCUT2D eigenvalue weighted by Crippen LogP contribution is -2.20. The van der Waals surface area contributed by atoms with Crippen molar-refractivity contribution in [3.63, 3.8) is 0 Å². The van der Waals surface area contributed by atoms with Crippen molar-refractivity contribution in [1.29, 1.82) is 0 Å². The zero-order chi connectivity index (χ0) is 10.3. The van der Waals surface area contributed by atoms with Gasteiger partial charge in [-0.15, -0.1) is 0 Å². The quantitative estimate of drug-likeness (QED) is 0.686. The maximum absolute atomic E-state index is 10.9. The molecule has 0 fully saturated rings. The van der Waals surface area contributed by atoms with E-state index in [-0.39, 0.29) is 17.8 Å². The van der Waals surface area contributed by atoms with Crippen LogP contribution in [0.5, 0.6) is 5.75 Å². The number of benzene rings is 1. The van der Waals surface area contributed by atoms with Crippen LogP contribution in [0, 0.1) is 0 Å². The third-order valence-electron chi connectivity index (χ3n) is 3.04. The predicted octanol–water partition coefficient (Wildman–Crippen LogP) is 1.64. The molecule has 0 amide bonds. The van der Waals surface area contributed by atoms with Crippen molar-refractivity contribution < 1.29 is 9.90 Å². The van der Waals surface area contributed by atoms with Gasteiger partial charge in [-0.3, -0.25) is 4.90 Å². The molecule has 1 aliphatic rings. The molecule has 74 valence electrons. The first-order valence-electron chi connectivity index (χ1n) is 4.65. The lowest BCUT2D eigenvalue weighted by molar-refractivity contribution is -0.112. The van der Waals surface area contributed by atoms with Crippen molar-refractivity contribution >= 4 is 6.29 Å². The first kappa shape index (κ1) is 9.21. The Balaban J connectivity index is 2.61. The second-order valence-electron chi connectivity index (χ2n) is 3.70. The number of rotatable bonds is 1. The molecule has 0 spiro atoms. The first-order valence-corrected chi connectivity index (χ1v) is 4.65. The second kappa shape index (κ2) is 3.10. The van der Waals surface area contributed by atoms with Crippen LogP contribution in [-0.2, 0) is 4.79 Å². The maximum Gasteiger partial charge on any atom is 0.141 e. The van der Waals surface area contributed by atoms with Crippen molar-refractivity contribution in [2.45, 2.75) is 19.0 Å². The third-order valence-corrected chi connectivity index (χ3v) is 3.04. The summed E-state index contributed by atoms with van der Waals surface area (Å²) in [6, 6.07) is 5.28. The van der Waals surface area contributed by atoms with E-state index >= 15 is 0 Å². The summed E-state index contributed by atoms with van der Waals surface area (Å²) in [7, 11) is 1.89. The van der Waals surface area contributed by atoms with Crippen molar-refractivity contribution in [3.05, 3.63) is 29.3 Å². The first-order chi connectivity index (χ1) is 6.66. The molecule has 0 aliphatic carbocycles. The van der Waals surface area contributed by atoms with E-state index in [0.29, 0.717) is 0 Å². The predicted molar refractivity (Wildman–Crippen MR) is 53.1 cm³/mol. The number of fused-ring (bicyclic) bond motifs is 1. The molecule has 0 aromatic heterocycles. The van der Waals surface area contributed by atoms with E-state index in [1.165, 1.54) is 0 Å². The highest BCUT2D eigenvalue weighted by atomic mass is 16.3. The van der Waals surface area contributed by atoms with Gasteiger partial charge in [-0.05, 0) is 25.6 Å². The Morgan fingerprint density at radius 3 is 2.86 bits per heavy atom. The van der Waals surface area contributed by atoms with Crippen LogP contribution in [-0.4, -0.2) is 23.3 Å². The number of phenolic OH excluding ortho intramolecular Hbond substituents is 1. The number of carbonyl (C=O) groups is 1. The summed E-state index contributed by atoms with van der Waals surface area (Å²) in [5.41, 5.74) is 1.81. The van der Waals surface area contributed by atoms with Gasteiger partial charge in [0.05, 0.1) is 6.04 Å². The number of phenols is 1. The topological polar surface area (TPSA) is 40.5 Å². The molecule has 0 bridgehead atoms. The smallest absolute Gasteiger partial charge is 0.141 e. The summed E-state index contributed by atoms with van der Waals surface area (Å²) >= 11 is 0. The zero-order valence-corrected chi connectivity index (χ0v) is 8.27. The summed E-state index contributed by atoms with van der Waals surface area (Å²) in [5, 5.41) is 9.68. The van der Waals surface area contributed by atoms with E-state index in [4.69, 9.17) is 0 Å². The third kappa shape index (κ3) is 1.06. The Labute approximate surface area is 83.0 Å². The van der Waals surface area contributed by atoms with Gasteiger partial charge in [0.2, 0.25) is 0 Å². The summed E-state index contributed by atoms with van der Waals surface area (Å²) in [5.74, 6) is 0.218. The van der Waals surface area contributed by atoms with Gasteiger partial charge < -0.3 is 9.90 Å². The average molecular weight is 191 g/mol. The van der Waals surface area contributed by atoms with E-state index < -0.39 is 0 Å². The lowest BCUT2D eigenvalue weighted by atomic mass is 10.0. The average Bonchev–Trinajstić information content (AvgIpc) is 2.43. The number of carbonyl (C=O) groups excluding carboxylic acids is 1. The summed E-state index contributed by atoms with van der Waals surface area (Å²) in [6.45, 7) is 2.03. The molecule has 0 radical (unpaired) electrons. The van der Waals surface area contributed by atoms with Gasteiger partial charge >= 0.3 is 0 Å². The monoisotopic (exact) mass is 191 g/mol. The SMILES string of the molecule is C[C@H]1c2cccc(O)c2C(C=O)N1C. The molecule has 3 heteroatoms. The highest BCUT2D eigenvalue weighted by Crippen LogP contribution is 2.43. The van der Waals surface area contributed by atoms with E-state index in [9.17, 15) is 9.90 Å². The molecule has 3 nitrogen and oxygen atoms in total. The Bertz CT molecular complexity index is 376. The van der Waals surface area contributed by atoms with Crippen LogP contribution in [0.15, 0.2) is 18.2 Å². The Morgan fingerprint density at radius 2 is 2.21 bits per heavy atom. The van der Waals surface area contributed by atoms with Crippen LogP contribution in [0.3, 0.4) is 0 Å². The number of hydrogen-bond donors (Lipinski definition) is 1. The fourth-order valence-electron chi connectivity index (χ4n) is 2.08. The number of aldehydes is 1. The van der Waals surface area contributed by atoms with E-state index in [0.717, 1.165) is 17.4 Å². The molecule has 1 aromatic rings. The van der Waals surface area contributed by atoms with Crippen LogP contribution >= 0.6 is 0 Å². The normalized spacial score (nSPS) is 26.1. The highest BCUT2D eigenvalue weighted by molar-refractivity contribution is 5.67. The molecule has 0 saturated heterocycles. The fourth-order valence-corrected chi connectivity index (χ4v) is 2.08. The number of hydrogen-bond acceptors (Lipinski definition) is 3. The Kier molecular flexibility index (Phi) is 2.04. The summed E-state index contributed by atoms with van der Waals surface area (Å²) in [6.07, 6.45) is 0.877. The summed E-state index contributed by atoms with van der Waals surface area (Å²) in [4.78, 5) is 12.9. The molecule has 0 saturated carbocycles. The van der Waals surface area contributed by atoms with Gasteiger partial charge in [-0.1, -0.05) is 12.1 Å². The minimum atomic E-state index is -0.304. The summed E-state index contributed by atoms with van der Waals surface area (Å²) < 4.78 is 0. The fraction of sp³-hybridized carbons (Fsp3) is 0.364. The van der Waals surface area contributed by atoms with Crippen molar-refractivity contribution in [2.24, 2.45) is 0 Å². The molecular weight excluding hydrogens is 178 g/mol. The van der Waals surface area contributed by atoms with Gasteiger partial charge in [0.15, 0.2) is 0 Å². The largest absolute Gasteiger partial charge is 0.508 e. The Hall–Kier alpha value is -1.35. The maximum atomic E-state index is 10.9. The molecule has 1 unspecified atom stereocenters. The lowest BCUT2D eigenvalue weighted by Gasteiger charge is -2.18. The van der Waals surface area contributed by atoms with Crippen LogP contribution in [0.2, 0.25) is 0 Å². The van der Waals surface area contributed by atoms with Gasteiger partial charge in [-0.2, -0.15) is 0 Å². The van der Waals surface area contributed by atoms with Gasteiger partial charge in [0, 0.05) is 11.6 Å². The van der Waals surface area contributed by atoms with Crippen LogP contribution < -0.4 is 0 Å². The standard InChI is InChI=1S/C11H13NO2/c1-7-8-4-3-5-10(14)11(8)9(6-13)12(7)2/h3-7,9,14H,1-2H3/t7-,9?/m0/s1. The molecule has 1 aliphatic heterocycles. The van der Waals surface area contributed by atoms with Crippen molar-refractivity contribution in [2.75, 3.05) is 7.05 Å². The van der Waals surface area contributed by atoms with Crippen molar-refractivity contribution in [3.8, 4) is 5.75 Å². The Morgan fingerprint density at radius 1 is 1.50 bits per heavy atom. The number of nitrogens with zero attached hydrogens (tertiary/aromatic N) is 1. The molecule has 1 N–H and O–H groups in total. The zero-order valence-electron chi connectivity index (χ0n) is 8.27. The van der Waals surface area contributed by atoms with Gasteiger partial charge in [0.1, 0.15) is 12.0 Å². The molecule has 2 atom stereocenters. The minimum absolute atomic E-state index is 0.187. The van der Waals surface area contributed by atoms with Crippen LogP contribution in [0.4, 0.5) is 0 Å².